The Balaban J connectivity index is 2.50. The number of hydrogen-bond donors (Lipinski definition) is 6. The Morgan fingerprint density at radius 2 is 1.34 bits per heavy atom. The molecular weight excluding hydrogens is 598 g/mol. The van der Waals surface area contributed by atoms with Gasteiger partial charge in [-0.3, -0.25) is 4.79 Å². The van der Waals surface area contributed by atoms with Gasteiger partial charge in [-0.2, -0.15) is 0 Å². The van der Waals surface area contributed by atoms with Crippen molar-refractivity contribution >= 4 is 5.91 Å². The molecule has 0 bridgehead atoms. The molecule has 1 fully saturated rings. The maximum Gasteiger partial charge on any atom is 0.220 e. The lowest BCUT2D eigenvalue weighted by molar-refractivity contribution is -0.302. The second-order valence-electron chi connectivity index (χ2n) is 12.3. The summed E-state index contributed by atoms with van der Waals surface area (Å²) in [4.78, 5) is 12.8. The van der Waals surface area contributed by atoms with E-state index in [-0.39, 0.29) is 12.5 Å². The van der Waals surface area contributed by atoms with Crippen LogP contribution in [0.5, 0.6) is 0 Å². The Labute approximate surface area is 284 Å². The van der Waals surface area contributed by atoms with E-state index in [1.165, 1.54) is 19.3 Å². The summed E-state index contributed by atoms with van der Waals surface area (Å²) in [6.07, 6.45) is 28.4. The van der Waals surface area contributed by atoms with Crippen molar-refractivity contribution < 1.29 is 39.8 Å². The lowest BCUT2D eigenvalue weighted by Crippen LogP contribution is -2.60. The van der Waals surface area contributed by atoms with Crippen molar-refractivity contribution in [3.63, 3.8) is 0 Å². The molecule has 1 heterocycles. The molecule has 1 rings (SSSR count). The predicted octanol–water partition coefficient (Wildman–Crippen LogP) is 5.71. The Kier molecular flexibility index (Phi) is 26.4. The van der Waals surface area contributed by atoms with Crippen LogP contribution in [0.3, 0.4) is 0 Å². The highest BCUT2D eigenvalue weighted by Gasteiger charge is 2.44. The van der Waals surface area contributed by atoms with Crippen molar-refractivity contribution in [2.75, 3.05) is 13.2 Å². The van der Waals surface area contributed by atoms with Crippen molar-refractivity contribution in [3.05, 3.63) is 60.8 Å². The van der Waals surface area contributed by atoms with E-state index in [1.807, 2.05) is 6.08 Å². The van der Waals surface area contributed by atoms with Crippen LogP contribution >= 0.6 is 0 Å². The number of unbranched alkanes of at least 4 members (excludes halogenated alkanes) is 9. The molecule has 7 atom stereocenters. The van der Waals surface area contributed by atoms with Crippen molar-refractivity contribution in [1.82, 2.24) is 5.32 Å². The Morgan fingerprint density at radius 3 is 2.04 bits per heavy atom. The standard InChI is InChI=1S/C38H65NO8/c1-3-5-7-9-11-13-14-15-16-17-18-20-22-24-26-28-34(42)39-31(32(41)27-25-23-21-19-12-10-8-6-4-2)30-46-38-37(45)36(44)35(43)33(29-40)47-38/h5,7,11-13,15-16,19,25,27,31-33,35-38,40-41,43-45H,3-4,6,8-10,14,17-18,20-24,26,28-30H2,1-2H3,(H,39,42)/b7-5-,13-11-,16-15-,19-12+,27-25+. The van der Waals surface area contributed by atoms with Gasteiger partial charge in [0.15, 0.2) is 6.29 Å². The summed E-state index contributed by atoms with van der Waals surface area (Å²) in [6.45, 7) is 3.53. The fourth-order valence-electron chi connectivity index (χ4n) is 5.12. The van der Waals surface area contributed by atoms with E-state index >= 15 is 0 Å². The highest BCUT2D eigenvalue weighted by atomic mass is 16.7. The molecule has 0 radical (unpaired) electrons. The number of aliphatic hydroxyl groups excluding tert-OH is 5. The SMILES string of the molecule is CC/C=C\C/C=C\C/C=C\CCCCCCCC(=O)NC(COC1OC(CO)C(O)C(O)C1O)C(O)/C=C/CC/C=C/CCCCC. The van der Waals surface area contributed by atoms with Crippen molar-refractivity contribution in [2.24, 2.45) is 0 Å². The van der Waals surface area contributed by atoms with Gasteiger partial charge in [0.1, 0.15) is 24.4 Å². The highest BCUT2D eigenvalue weighted by Crippen LogP contribution is 2.22. The van der Waals surface area contributed by atoms with Gasteiger partial charge in [0.25, 0.3) is 0 Å². The molecule has 9 nitrogen and oxygen atoms in total. The summed E-state index contributed by atoms with van der Waals surface area (Å²) >= 11 is 0. The van der Waals surface area contributed by atoms with Crippen LogP contribution in [0.2, 0.25) is 0 Å². The average Bonchev–Trinajstić information content (AvgIpc) is 3.07. The first-order valence-corrected chi connectivity index (χ1v) is 18.0. The fourth-order valence-corrected chi connectivity index (χ4v) is 5.12. The summed E-state index contributed by atoms with van der Waals surface area (Å²) in [6, 6.07) is -0.829. The molecule has 0 aliphatic carbocycles. The lowest BCUT2D eigenvalue weighted by Gasteiger charge is -2.40. The molecule has 1 aliphatic rings. The van der Waals surface area contributed by atoms with E-state index in [0.717, 1.165) is 77.0 Å². The molecule has 1 amide bonds. The number of rotatable bonds is 27. The molecule has 0 saturated carbocycles. The normalized spacial score (nSPS) is 23.6. The van der Waals surface area contributed by atoms with Crippen LogP contribution < -0.4 is 5.32 Å². The van der Waals surface area contributed by atoms with Gasteiger partial charge in [-0.05, 0) is 64.2 Å². The molecule has 0 aromatic carbocycles. The Morgan fingerprint density at radius 1 is 0.745 bits per heavy atom. The largest absolute Gasteiger partial charge is 0.394 e. The summed E-state index contributed by atoms with van der Waals surface area (Å²) in [5.41, 5.74) is 0. The lowest BCUT2D eigenvalue weighted by atomic mass is 9.99. The monoisotopic (exact) mass is 663 g/mol. The number of carbonyl (C=O) groups excluding carboxylic acids is 1. The van der Waals surface area contributed by atoms with Gasteiger partial charge in [0.05, 0.1) is 25.4 Å². The zero-order valence-electron chi connectivity index (χ0n) is 29.0. The number of ether oxygens (including phenoxy) is 2. The Bertz CT molecular complexity index is 915. The minimum absolute atomic E-state index is 0.212. The number of nitrogens with one attached hydrogen (secondary N) is 1. The third-order valence-corrected chi connectivity index (χ3v) is 8.08. The zero-order valence-corrected chi connectivity index (χ0v) is 29.0. The predicted molar refractivity (Wildman–Crippen MR) is 189 cm³/mol. The molecule has 7 unspecified atom stereocenters. The van der Waals surface area contributed by atoms with Gasteiger partial charge in [-0.1, -0.05) is 107 Å². The zero-order chi connectivity index (χ0) is 34.5. The Hall–Kier alpha value is -2.11. The van der Waals surface area contributed by atoms with Crippen LogP contribution in [0.4, 0.5) is 0 Å². The van der Waals surface area contributed by atoms with Gasteiger partial charge in [-0.15, -0.1) is 0 Å². The molecule has 47 heavy (non-hydrogen) atoms. The first-order valence-electron chi connectivity index (χ1n) is 18.0. The number of hydrogen-bond acceptors (Lipinski definition) is 8. The van der Waals surface area contributed by atoms with E-state index in [4.69, 9.17) is 9.47 Å². The summed E-state index contributed by atoms with van der Waals surface area (Å²) < 4.78 is 11.1. The van der Waals surface area contributed by atoms with Crippen LogP contribution in [0, 0.1) is 0 Å². The minimum atomic E-state index is -1.57. The molecule has 0 aromatic rings. The first-order chi connectivity index (χ1) is 22.8. The van der Waals surface area contributed by atoms with E-state index < -0.39 is 49.5 Å². The van der Waals surface area contributed by atoms with E-state index in [1.54, 1.807) is 6.08 Å². The maximum absolute atomic E-state index is 12.8. The maximum atomic E-state index is 12.8. The van der Waals surface area contributed by atoms with Gasteiger partial charge in [0, 0.05) is 6.42 Å². The van der Waals surface area contributed by atoms with Crippen molar-refractivity contribution in [1.29, 1.82) is 0 Å². The number of carbonyl (C=O) groups is 1. The number of aliphatic hydroxyl groups is 5. The molecule has 270 valence electrons. The topological polar surface area (TPSA) is 149 Å². The van der Waals surface area contributed by atoms with Crippen molar-refractivity contribution in [2.45, 2.75) is 159 Å². The number of allylic oxidation sites excluding steroid dienone is 9. The van der Waals surface area contributed by atoms with E-state index in [9.17, 15) is 30.3 Å². The smallest absolute Gasteiger partial charge is 0.220 e. The van der Waals surface area contributed by atoms with E-state index in [0.29, 0.717) is 6.42 Å². The molecule has 0 spiro atoms. The molecule has 1 saturated heterocycles. The quantitative estimate of drug-likeness (QED) is 0.0484. The van der Waals surface area contributed by atoms with Gasteiger partial charge in [-0.25, -0.2) is 0 Å². The minimum Gasteiger partial charge on any atom is -0.394 e. The fraction of sp³-hybridized carbons (Fsp3) is 0.711. The second kappa shape index (κ2) is 28.9. The third kappa shape index (κ3) is 20.8. The van der Waals surface area contributed by atoms with Gasteiger partial charge >= 0.3 is 0 Å². The number of amides is 1. The molecular formula is C38H65NO8. The highest BCUT2D eigenvalue weighted by molar-refractivity contribution is 5.76. The second-order valence-corrected chi connectivity index (χ2v) is 12.3. The third-order valence-electron chi connectivity index (χ3n) is 8.08. The van der Waals surface area contributed by atoms with Crippen molar-refractivity contribution in [3.8, 4) is 0 Å². The first kappa shape index (κ1) is 42.9. The molecule has 0 aromatic heterocycles. The summed E-state index contributed by atoms with van der Waals surface area (Å²) in [5.74, 6) is -0.212. The van der Waals surface area contributed by atoms with Crippen LogP contribution in [0.25, 0.3) is 0 Å². The van der Waals surface area contributed by atoms with Crippen LogP contribution in [0.15, 0.2) is 60.8 Å². The average molecular weight is 664 g/mol. The van der Waals surface area contributed by atoms with E-state index in [2.05, 4.69) is 67.8 Å². The van der Waals surface area contributed by atoms with Crippen LogP contribution in [-0.2, 0) is 14.3 Å². The summed E-state index contributed by atoms with van der Waals surface area (Å²) in [5, 5.41) is 53.7. The van der Waals surface area contributed by atoms with Gasteiger partial charge < -0.3 is 40.3 Å². The summed E-state index contributed by atoms with van der Waals surface area (Å²) in [7, 11) is 0. The van der Waals surface area contributed by atoms with Crippen LogP contribution in [-0.4, -0.2) is 87.5 Å². The molecule has 6 N–H and O–H groups in total. The van der Waals surface area contributed by atoms with Gasteiger partial charge in [0.2, 0.25) is 5.91 Å². The molecule has 1 aliphatic heterocycles. The van der Waals surface area contributed by atoms with Crippen LogP contribution in [0.1, 0.15) is 117 Å². The molecule has 9 heteroatoms.